The maximum Gasteiger partial charge on any atom is 0.245 e. The predicted octanol–water partition coefficient (Wildman–Crippen LogP) is 0.655. The molecule has 7 nitrogen and oxygen atoms in total. The molecule has 2 heterocycles. The molecule has 1 fully saturated rings. The molecular formula is C16H22N4O3. The van der Waals surface area contributed by atoms with Crippen LogP contribution in [0.25, 0.3) is 0 Å². The Morgan fingerprint density at radius 3 is 2.83 bits per heavy atom. The fraction of sp³-hybridized carbons (Fsp3) is 0.500. The number of likely N-dealkylation sites (tertiary alicyclic amines) is 1. The van der Waals surface area contributed by atoms with E-state index in [9.17, 15) is 14.4 Å². The molecule has 3 amide bonds. The maximum atomic E-state index is 12.3. The van der Waals surface area contributed by atoms with Gasteiger partial charge in [-0.2, -0.15) is 0 Å². The van der Waals surface area contributed by atoms with Crippen LogP contribution < -0.4 is 5.32 Å². The van der Waals surface area contributed by atoms with E-state index in [0.29, 0.717) is 18.9 Å². The summed E-state index contributed by atoms with van der Waals surface area (Å²) in [4.78, 5) is 43.1. The Kier molecular flexibility index (Phi) is 5.31. The van der Waals surface area contributed by atoms with Gasteiger partial charge >= 0.3 is 0 Å². The number of aromatic nitrogens is 1. The lowest BCUT2D eigenvalue weighted by molar-refractivity contribution is -0.137. The zero-order valence-electron chi connectivity index (χ0n) is 13.7. The van der Waals surface area contributed by atoms with Crippen molar-refractivity contribution in [1.29, 1.82) is 0 Å². The molecule has 1 aromatic heterocycles. The third kappa shape index (κ3) is 4.28. The third-order valence-corrected chi connectivity index (χ3v) is 3.89. The molecule has 1 aromatic rings. The molecule has 124 valence electrons. The van der Waals surface area contributed by atoms with Gasteiger partial charge in [0.05, 0.1) is 12.5 Å². The molecule has 23 heavy (non-hydrogen) atoms. The highest BCUT2D eigenvalue weighted by atomic mass is 16.2. The van der Waals surface area contributed by atoms with Crippen LogP contribution in [0.2, 0.25) is 0 Å². The number of carbonyl (C=O) groups excluding carboxylic acids is 3. The molecule has 1 aliphatic heterocycles. The first-order chi connectivity index (χ1) is 10.9. The zero-order valence-corrected chi connectivity index (χ0v) is 13.7. The van der Waals surface area contributed by atoms with Crippen LogP contribution in [0.3, 0.4) is 0 Å². The van der Waals surface area contributed by atoms with E-state index < -0.39 is 0 Å². The smallest absolute Gasteiger partial charge is 0.245 e. The summed E-state index contributed by atoms with van der Waals surface area (Å²) in [5.41, 5.74) is 0.990. The van der Waals surface area contributed by atoms with Crippen LogP contribution >= 0.6 is 0 Å². The van der Waals surface area contributed by atoms with Crippen molar-refractivity contribution in [2.45, 2.75) is 20.3 Å². The van der Waals surface area contributed by atoms with E-state index in [1.165, 1.54) is 4.90 Å². The van der Waals surface area contributed by atoms with Crippen molar-refractivity contribution in [3.05, 3.63) is 23.9 Å². The van der Waals surface area contributed by atoms with Gasteiger partial charge in [-0.1, -0.05) is 0 Å². The van der Waals surface area contributed by atoms with Gasteiger partial charge in [0.15, 0.2) is 0 Å². The molecule has 0 bridgehead atoms. The van der Waals surface area contributed by atoms with Gasteiger partial charge in [-0.15, -0.1) is 0 Å². The molecule has 0 saturated carbocycles. The minimum absolute atomic E-state index is 0.00679. The minimum Gasteiger partial charge on any atom is -0.342 e. The van der Waals surface area contributed by atoms with Gasteiger partial charge in [-0.25, -0.2) is 4.98 Å². The lowest BCUT2D eigenvalue weighted by Crippen LogP contribution is -2.39. The zero-order chi connectivity index (χ0) is 17.0. The van der Waals surface area contributed by atoms with E-state index in [2.05, 4.69) is 10.3 Å². The number of nitrogens with one attached hydrogen (secondary N) is 1. The summed E-state index contributed by atoms with van der Waals surface area (Å²) < 4.78 is 0. The second-order valence-corrected chi connectivity index (χ2v) is 5.79. The van der Waals surface area contributed by atoms with Crippen LogP contribution in [0, 0.1) is 12.8 Å². The summed E-state index contributed by atoms with van der Waals surface area (Å²) in [5.74, 6) is -0.397. The van der Waals surface area contributed by atoms with Crippen molar-refractivity contribution in [3.8, 4) is 0 Å². The number of pyridine rings is 1. The van der Waals surface area contributed by atoms with Crippen molar-refractivity contribution in [2.75, 3.05) is 32.0 Å². The lowest BCUT2D eigenvalue weighted by Gasteiger charge is -2.20. The quantitative estimate of drug-likeness (QED) is 0.864. The van der Waals surface area contributed by atoms with Crippen molar-refractivity contribution in [1.82, 2.24) is 14.8 Å². The molecule has 1 atom stereocenters. The molecule has 0 spiro atoms. The summed E-state index contributed by atoms with van der Waals surface area (Å²) in [7, 11) is 1.57. The van der Waals surface area contributed by atoms with Crippen molar-refractivity contribution >= 4 is 23.5 Å². The molecule has 1 N–H and O–H groups in total. The monoisotopic (exact) mass is 318 g/mol. The van der Waals surface area contributed by atoms with Gasteiger partial charge in [-0.05, 0) is 31.5 Å². The molecule has 0 radical (unpaired) electrons. The number of rotatable bonds is 5. The summed E-state index contributed by atoms with van der Waals surface area (Å²) >= 11 is 0. The topological polar surface area (TPSA) is 82.6 Å². The fourth-order valence-electron chi connectivity index (χ4n) is 2.64. The Bertz CT molecular complexity index is 617. The Labute approximate surface area is 135 Å². The number of aryl methyl sites for hydroxylation is 1. The SMILES string of the molecule is CCN1CC(C(=O)N(C)CC(=O)Nc2cc(C)ccn2)CC1=O. The molecule has 7 heteroatoms. The van der Waals surface area contributed by atoms with E-state index in [1.807, 2.05) is 19.9 Å². The van der Waals surface area contributed by atoms with Gasteiger partial charge in [0.25, 0.3) is 0 Å². The van der Waals surface area contributed by atoms with Gasteiger partial charge < -0.3 is 15.1 Å². The second kappa shape index (κ2) is 7.21. The number of likely N-dealkylation sites (N-methyl/N-ethyl adjacent to an activating group) is 1. The Balaban J connectivity index is 1.88. The minimum atomic E-state index is -0.364. The largest absolute Gasteiger partial charge is 0.342 e. The highest BCUT2D eigenvalue weighted by molar-refractivity contribution is 5.95. The first-order valence-corrected chi connectivity index (χ1v) is 7.66. The fourth-order valence-corrected chi connectivity index (χ4v) is 2.64. The van der Waals surface area contributed by atoms with Gasteiger partial charge in [0.2, 0.25) is 17.7 Å². The van der Waals surface area contributed by atoms with Gasteiger partial charge in [0, 0.05) is 32.8 Å². The van der Waals surface area contributed by atoms with Crippen molar-refractivity contribution < 1.29 is 14.4 Å². The van der Waals surface area contributed by atoms with Crippen molar-refractivity contribution in [3.63, 3.8) is 0 Å². The molecule has 1 unspecified atom stereocenters. The normalized spacial score (nSPS) is 17.3. The number of anilines is 1. The lowest BCUT2D eigenvalue weighted by atomic mass is 10.1. The summed E-state index contributed by atoms with van der Waals surface area (Å²) in [6, 6.07) is 3.59. The number of nitrogens with zero attached hydrogens (tertiary/aromatic N) is 3. The van der Waals surface area contributed by atoms with Gasteiger partial charge in [0.1, 0.15) is 5.82 Å². The first kappa shape index (κ1) is 16.9. The molecular weight excluding hydrogens is 296 g/mol. The number of amides is 3. The average molecular weight is 318 g/mol. The van der Waals surface area contributed by atoms with Crippen LogP contribution in [0.4, 0.5) is 5.82 Å². The van der Waals surface area contributed by atoms with Crippen LogP contribution in [-0.4, -0.2) is 59.2 Å². The summed E-state index contributed by atoms with van der Waals surface area (Å²) in [5, 5.41) is 2.67. The Hall–Kier alpha value is -2.44. The van der Waals surface area contributed by atoms with E-state index in [1.54, 1.807) is 24.2 Å². The van der Waals surface area contributed by atoms with Crippen LogP contribution in [0.15, 0.2) is 18.3 Å². The van der Waals surface area contributed by atoms with E-state index in [4.69, 9.17) is 0 Å². The summed E-state index contributed by atoms with van der Waals surface area (Å²) in [6.45, 7) is 4.76. The molecule has 0 aliphatic carbocycles. The highest BCUT2D eigenvalue weighted by Crippen LogP contribution is 2.19. The van der Waals surface area contributed by atoms with Crippen LogP contribution in [-0.2, 0) is 14.4 Å². The average Bonchev–Trinajstić information content (AvgIpc) is 2.87. The predicted molar refractivity (Wildman–Crippen MR) is 85.6 cm³/mol. The number of hydrogen-bond acceptors (Lipinski definition) is 4. The standard InChI is InChI=1S/C16H22N4O3/c1-4-20-9-12(8-15(20)22)16(23)19(3)10-14(21)18-13-7-11(2)5-6-17-13/h5-7,12H,4,8-10H2,1-3H3,(H,17,18,21). The second-order valence-electron chi connectivity index (χ2n) is 5.79. The van der Waals surface area contributed by atoms with Crippen LogP contribution in [0.1, 0.15) is 18.9 Å². The Morgan fingerprint density at radius 2 is 2.22 bits per heavy atom. The maximum absolute atomic E-state index is 12.3. The summed E-state index contributed by atoms with van der Waals surface area (Å²) in [6.07, 6.45) is 1.83. The van der Waals surface area contributed by atoms with Gasteiger partial charge in [-0.3, -0.25) is 14.4 Å². The first-order valence-electron chi connectivity index (χ1n) is 7.66. The molecule has 1 saturated heterocycles. The third-order valence-electron chi connectivity index (χ3n) is 3.89. The molecule has 0 aromatic carbocycles. The van der Waals surface area contributed by atoms with Crippen LogP contribution in [0.5, 0.6) is 0 Å². The highest BCUT2D eigenvalue weighted by Gasteiger charge is 2.35. The molecule has 2 rings (SSSR count). The number of carbonyl (C=O) groups is 3. The van der Waals surface area contributed by atoms with E-state index >= 15 is 0 Å². The van der Waals surface area contributed by atoms with E-state index in [0.717, 1.165) is 5.56 Å². The van der Waals surface area contributed by atoms with Crippen molar-refractivity contribution in [2.24, 2.45) is 5.92 Å². The molecule has 1 aliphatic rings. The van der Waals surface area contributed by atoms with E-state index in [-0.39, 0.29) is 36.6 Å². The Morgan fingerprint density at radius 1 is 1.48 bits per heavy atom. The number of hydrogen-bond donors (Lipinski definition) is 1.